The Morgan fingerprint density at radius 1 is 1.38 bits per heavy atom. The molecule has 0 radical (unpaired) electrons. The summed E-state index contributed by atoms with van der Waals surface area (Å²) in [5, 5.41) is 1.91. The first-order valence-corrected chi connectivity index (χ1v) is 9.26. The molecule has 3 rings (SSSR count). The van der Waals surface area contributed by atoms with Crippen LogP contribution in [0.5, 0.6) is 0 Å². The highest BCUT2D eigenvalue weighted by Crippen LogP contribution is 2.30. The van der Waals surface area contributed by atoms with Crippen LogP contribution in [-0.4, -0.2) is 59.2 Å². The van der Waals surface area contributed by atoms with Crippen LogP contribution in [0.4, 0.5) is 0 Å². The van der Waals surface area contributed by atoms with Crippen LogP contribution in [0.15, 0.2) is 16.6 Å². The number of sulfonamides is 1. The van der Waals surface area contributed by atoms with Gasteiger partial charge in [-0.15, -0.1) is 11.3 Å². The lowest BCUT2D eigenvalue weighted by molar-refractivity contribution is 0.0800. The minimum absolute atomic E-state index is 0.0404. The zero-order chi connectivity index (χ0) is 15.4. The first kappa shape index (κ1) is 15.2. The maximum Gasteiger partial charge on any atom is 0.262 e. The lowest BCUT2D eigenvalue weighted by atomic mass is 10.0. The molecule has 2 aromatic rings. The average Bonchev–Trinajstić information content (AvgIpc) is 2.91. The topological polar surface area (TPSA) is 57.9 Å². The van der Waals surface area contributed by atoms with Crippen molar-refractivity contribution >= 4 is 37.9 Å². The summed E-state index contributed by atoms with van der Waals surface area (Å²) in [5.74, 6) is 0. The molecule has 0 saturated carbocycles. The summed E-state index contributed by atoms with van der Waals surface area (Å²) in [6, 6.07) is 0. The molecule has 1 aliphatic rings. The van der Waals surface area contributed by atoms with E-state index in [0.717, 1.165) is 0 Å². The van der Waals surface area contributed by atoms with Gasteiger partial charge in [-0.1, -0.05) is 11.6 Å². The molecule has 2 aromatic heterocycles. The van der Waals surface area contributed by atoms with Gasteiger partial charge < -0.3 is 0 Å². The molecule has 3 heterocycles. The van der Waals surface area contributed by atoms with Gasteiger partial charge >= 0.3 is 0 Å². The maximum atomic E-state index is 12.9. The average molecular weight is 349 g/mol. The molecule has 0 amide bonds. The van der Waals surface area contributed by atoms with Crippen LogP contribution in [0.2, 0.25) is 5.15 Å². The number of hydrogen-bond acceptors (Lipinski definition) is 5. The van der Waals surface area contributed by atoms with Crippen molar-refractivity contribution in [2.75, 3.05) is 26.7 Å². The third-order valence-electron chi connectivity index (χ3n) is 4.04. The number of likely N-dealkylation sites (N-methyl/N-ethyl adjacent to an activating group) is 1. The molecule has 6 nitrogen and oxygen atoms in total. The summed E-state index contributed by atoms with van der Waals surface area (Å²) < 4.78 is 28.9. The van der Waals surface area contributed by atoms with E-state index in [1.165, 1.54) is 15.6 Å². The van der Waals surface area contributed by atoms with Crippen molar-refractivity contribution in [3.8, 4) is 0 Å². The minimum atomic E-state index is -3.66. The van der Waals surface area contributed by atoms with E-state index in [1.807, 2.05) is 20.9 Å². The fraction of sp³-hybridized carbons (Fsp3) is 0.583. The van der Waals surface area contributed by atoms with Crippen LogP contribution in [0.25, 0.3) is 4.96 Å². The van der Waals surface area contributed by atoms with Crippen molar-refractivity contribution in [2.45, 2.75) is 24.4 Å². The zero-order valence-corrected chi connectivity index (χ0v) is 14.5. The Balaban J connectivity index is 2.05. The number of fused-ring (bicyclic) bond motifs is 1. The first-order chi connectivity index (χ1) is 9.73. The number of halogens is 1. The Kier molecular flexibility index (Phi) is 3.57. The normalized spacial score (nSPS) is 21.1. The van der Waals surface area contributed by atoms with Crippen molar-refractivity contribution in [1.82, 2.24) is 18.6 Å². The van der Waals surface area contributed by atoms with Crippen LogP contribution < -0.4 is 0 Å². The summed E-state index contributed by atoms with van der Waals surface area (Å²) in [4.78, 5) is 6.87. The Morgan fingerprint density at radius 3 is 2.76 bits per heavy atom. The number of imidazole rings is 1. The largest absolute Gasteiger partial charge is 0.299 e. The van der Waals surface area contributed by atoms with Crippen LogP contribution in [-0.2, 0) is 10.0 Å². The molecule has 116 valence electrons. The molecular formula is C12H17ClN4O2S2. The Bertz CT molecular complexity index is 780. The van der Waals surface area contributed by atoms with Crippen molar-refractivity contribution in [1.29, 1.82) is 0 Å². The van der Waals surface area contributed by atoms with Gasteiger partial charge in [0, 0.05) is 36.8 Å². The third-order valence-corrected chi connectivity index (χ3v) is 7.05. The molecular weight excluding hydrogens is 332 g/mol. The lowest BCUT2D eigenvalue weighted by Gasteiger charge is -2.44. The van der Waals surface area contributed by atoms with Crippen LogP contribution >= 0.6 is 22.9 Å². The number of aromatic nitrogens is 2. The Morgan fingerprint density at radius 2 is 2.10 bits per heavy atom. The summed E-state index contributed by atoms with van der Waals surface area (Å²) in [5.41, 5.74) is -0.212. The monoisotopic (exact) mass is 348 g/mol. The highest BCUT2D eigenvalue weighted by atomic mass is 35.5. The molecule has 0 spiro atoms. The fourth-order valence-electron chi connectivity index (χ4n) is 2.49. The van der Waals surface area contributed by atoms with Gasteiger partial charge in [0.25, 0.3) is 10.0 Å². The van der Waals surface area contributed by atoms with Crippen molar-refractivity contribution in [3.63, 3.8) is 0 Å². The summed E-state index contributed by atoms with van der Waals surface area (Å²) in [6.45, 7) is 5.64. The molecule has 0 atom stereocenters. The molecule has 0 aliphatic carbocycles. The van der Waals surface area contributed by atoms with E-state index >= 15 is 0 Å². The summed E-state index contributed by atoms with van der Waals surface area (Å²) >= 11 is 7.43. The fourth-order valence-corrected chi connectivity index (χ4v) is 5.48. The Labute approximate surface area is 133 Å². The van der Waals surface area contributed by atoms with Gasteiger partial charge in [-0.2, -0.15) is 4.31 Å². The molecule has 21 heavy (non-hydrogen) atoms. The molecule has 0 bridgehead atoms. The van der Waals surface area contributed by atoms with Crippen LogP contribution in [0, 0.1) is 0 Å². The van der Waals surface area contributed by atoms with Gasteiger partial charge in [-0.25, -0.2) is 13.4 Å². The second-order valence-corrected chi connectivity index (χ2v) is 8.92. The van der Waals surface area contributed by atoms with Crippen LogP contribution in [0.3, 0.4) is 0 Å². The van der Waals surface area contributed by atoms with Gasteiger partial charge in [0.15, 0.2) is 15.1 Å². The summed E-state index contributed by atoms with van der Waals surface area (Å²) in [7, 11) is -1.65. The number of nitrogens with zero attached hydrogens (tertiary/aromatic N) is 4. The molecule has 1 saturated heterocycles. The van der Waals surface area contributed by atoms with Gasteiger partial charge in [0.1, 0.15) is 0 Å². The minimum Gasteiger partial charge on any atom is -0.299 e. The highest BCUT2D eigenvalue weighted by Gasteiger charge is 2.39. The van der Waals surface area contributed by atoms with E-state index in [0.29, 0.717) is 24.6 Å². The van der Waals surface area contributed by atoms with Gasteiger partial charge in [-0.05, 0) is 20.9 Å². The SMILES string of the molecule is CN1CCN(S(=O)(=O)c2c(Cl)nc3sccn23)CC1(C)C. The van der Waals surface area contributed by atoms with E-state index in [1.54, 1.807) is 16.0 Å². The van der Waals surface area contributed by atoms with Crippen molar-refractivity contribution < 1.29 is 8.42 Å². The number of hydrogen-bond donors (Lipinski definition) is 0. The van der Waals surface area contributed by atoms with Gasteiger partial charge in [0.2, 0.25) is 0 Å². The third kappa shape index (κ3) is 2.39. The second kappa shape index (κ2) is 4.92. The lowest BCUT2D eigenvalue weighted by Crippen LogP contribution is -2.58. The molecule has 0 unspecified atom stereocenters. The summed E-state index contributed by atoms with van der Waals surface area (Å²) in [6.07, 6.45) is 1.69. The predicted octanol–water partition coefficient (Wildman–Crippen LogP) is 1.76. The molecule has 1 fully saturated rings. The highest BCUT2D eigenvalue weighted by molar-refractivity contribution is 7.89. The van der Waals surface area contributed by atoms with Crippen molar-refractivity contribution in [2.24, 2.45) is 0 Å². The van der Waals surface area contributed by atoms with Gasteiger partial charge in [0.05, 0.1) is 0 Å². The second-order valence-electron chi connectivity index (χ2n) is 5.84. The van der Waals surface area contributed by atoms with E-state index in [2.05, 4.69) is 9.88 Å². The van der Waals surface area contributed by atoms with E-state index in [-0.39, 0.29) is 15.7 Å². The van der Waals surface area contributed by atoms with Crippen LogP contribution in [0.1, 0.15) is 13.8 Å². The molecule has 0 aromatic carbocycles. The quantitative estimate of drug-likeness (QED) is 0.830. The van der Waals surface area contributed by atoms with E-state index in [4.69, 9.17) is 11.6 Å². The molecule has 0 N–H and O–H groups in total. The molecule has 1 aliphatic heterocycles. The molecule has 9 heteroatoms. The van der Waals surface area contributed by atoms with Crippen molar-refractivity contribution in [3.05, 3.63) is 16.7 Å². The predicted molar refractivity (Wildman–Crippen MR) is 83.5 cm³/mol. The standard InChI is InChI=1S/C12H17ClN4O2S2/c1-12(2)8-16(5-4-15(12)3)21(18,19)10-9(13)14-11-17(10)6-7-20-11/h6-7H,4-5,8H2,1-3H3. The first-order valence-electron chi connectivity index (χ1n) is 6.56. The van der Waals surface area contributed by atoms with E-state index < -0.39 is 10.0 Å². The van der Waals surface area contributed by atoms with E-state index in [9.17, 15) is 8.42 Å². The Hall–Kier alpha value is -0.670. The number of thiazole rings is 1. The maximum absolute atomic E-state index is 12.9. The van der Waals surface area contributed by atoms with Gasteiger partial charge in [-0.3, -0.25) is 9.30 Å². The number of piperazine rings is 1. The number of rotatable bonds is 2. The smallest absolute Gasteiger partial charge is 0.262 e. The zero-order valence-electron chi connectivity index (χ0n) is 12.1.